The fraction of sp³-hybridized carbons (Fsp3) is 0.273. The molecule has 2 aromatic heterocycles. The van der Waals surface area contributed by atoms with Gasteiger partial charge in [-0.1, -0.05) is 0 Å². The molecule has 2 aromatic rings. The minimum absolute atomic E-state index is 0.730. The van der Waals surface area contributed by atoms with Gasteiger partial charge in [-0.05, 0) is 41.4 Å². The first-order valence-electron chi connectivity index (χ1n) is 4.92. The molecule has 0 atom stereocenters. The molecule has 0 aliphatic heterocycles. The number of aryl methyl sites for hydroxylation is 2. The molecule has 0 amide bonds. The van der Waals surface area contributed by atoms with Crippen LogP contribution in [0, 0.1) is 13.8 Å². The van der Waals surface area contributed by atoms with Gasteiger partial charge in [0.25, 0.3) is 0 Å². The van der Waals surface area contributed by atoms with Crippen LogP contribution in [-0.4, -0.2) is 9.97 Å². The number of anilines is 1. The Morgan fingerprint density at radius 2 is 2.25 bits per heavy atom. The summed E-state index contributed by atoms with van der Waals surface area (Å²) in [4.78, 5) is 8.71. The van der Waals surface area contributed by atoms with Crippen molar-refractivity contribution in [2.45, 2.75) is 20.4 Å². The molecule has 2 heterocycles. The van der Waals surface area contributed by atoms with Crippen LogP contribution in [0.15, 0.2) is 22.1 Å². The van der Waals surface area contributed by atoms with Gasteiger partial charge >= 0.3 is 0 Å². The molecule has 0 fully saturated rings. The summed E-state index contributed by atoms with van der Waals surface area (Å²) in [5.74, 6) is 0.913. The van der Waals surface area contributed by atoms with Gasteiger partial charge in [0.05, 0.1) is 6.54 Å². The van der Waals surface area contributed by atoms with Crippen LogP contribution in [0.5, 0.6) is 0 Å². The summed E-state index contributed by atoms with van der Waals surface area (Å²) in [6.45, 7) is 4.77. The molecule has 0 unspecified atom stereocenters. The monoisotopic (exact) mass is 297 g/mol. The number of hydrogen-bond donors (Lipinski definition) is 1. The van der Waals surface area contributed by atoms with Gasteiger partial charge in [-0.25, -0.2) is 9.97 Å². The second-order valence-corrected chi connectivity index (χ2v) is 5.41. The summed E-state index contributed by atoms with van der Waals surface area (Å²) in [6.07, 6.45) is 1.79. The Kier molecular flexibility index (Phi) is 3.56. The van der Waals surface area contributed by atoms with E-state index >= 15 is 0 Å². The maximum Gasteiger partial charge on any atom is 0.129 e. The zero-order chi connectivity index (χ0) is 11.5. The van der Waals surface area contributed by atoms with E-state index < -0.39 is 0 Å². The van der Waals surface area contributed by atoms with E-state index in [2.05, 4.69) is 36.6 Å². The van der Waals surface area contributed by atoms with E-state index in [1.54, 1.807) is 17.5 Å². The van der Waals surface area contributed by atoms with Crippen LogP contribution in [0.1, 0.15) is 16.3 Å². The van der Waals surface area contributed by atoms with Gasteiger partial charge in [-0.3, -0.25) is 0 Å². The molecule has 5 heteroatoms. The topological polar surface area (TPSA) is 37.8 Å². The molecule has 0 bridgehead atoms. The van der Waals surface area contributed by atoms with Gasteiger partial charge in [0, 0.05) is 21.7 Å². The Labute approximate surface area is 107 Å². The smallest absolute Gasteiger partial charge is 0.129 e. The molecular formula is C11H12BrN3S. The molecule has 84 valence electrons. The zero-order valence-corrected chi connectivity index (χ0v) is 11.5. The zero-order valence-electron chi connectivity index (χ0n) is 9.12. The van der Waals surface area contributed by atoms with Crippen molar-refractivity contribution < 1.29 is 0 Å². The van der Waals surface area contributed by atoms with Gasteiger partial charge in [0.15, 0.2) is 0 Å². The van der Waals surface area contributed by atoms with Crippen molar-refractivity contribution in [2.24, 2.45) is 0 Å². The summed E-state index contributed by atoms with van der Waals surface area (Å²) >= 11 is 5.06. The Bertz CT molecular complexity index is 496. The van der Waals surface area contributed by atoms with E-state index in [0.717, 1.165) is 33.1 Å². The van der Waals surface area contributed by atoms with Crippen LogP contribution < -0.4 is 5.32 Å². The van der Waals surface area contributed by atoms with Crippen molar-refractivity contribution in [1.29, 1.82) is 0 Å². The van der Waals surface area contributed by atoms with Crippen LogP contribution in [0.2, 0.25) is 0 Å². The molecule has 0 aliphatic carbocycles. The Morgan fingerprint density at radius 3 is 2.88 bits per heavy atom. The van der Waals surface area contributed by atoms with E-state index in [-0.39, 0.29) is 0 Å². The largest absolute Gasteiger partial charge is 0.363 e. The molecule has 0 radical (unpaired) electrons. The third-order valence-electron chi connectivity index (χ3n) is 2.12. The SMILES string of the molecule is Cc1csc(CNc2ncc(Br)cc2C)n1. The first kappa shape index (κ1) is 11.5. The van der Waals surface area contributed by atoms with Gasteiger partial charge in [-0.2, -0.15) is 0 Å². The maximum atomic E-state index is 4.39. The molecule has 3 nitrogen and oxygen atoms in total. The molecular weight excluding hydrogens is 286 g/mol. The fourth-order valence-electron chi connectivity index (χ4n) is 1.37. The van der Waals surface area contributed by atoms with Crippen LogP contribution >= 0.6 is 27.3 Å². The predicted octanol–water partition coefficient (Wildman–Crippen LogP) is 3.53. The molecule has 1 N–H and O–H groups in total. The highest BCUT2D eigenvalue weighted by Gasteiger charge is 2.02. The van der Waals surface area contributed by atoms with E-state index in [4.69, 9.17) is 0 Å². The summed E-state index contributed by atoms with van der Waals surface area (Å²) in [5.41, 5.74) is 2.20. The van der Waals surface area contributed by atoms with Gasteiger partial charge in [-0.15, -0.1) is 11.3 Å². The van der Waals surface area contributed by atoms with Gasteiger partial charge < -0.3 is 5.32 Å². The number of pyridine rings is 1. The predicted molar refractivity (Wildman–Crippen MR) is 70.9 cm³/mol. The standard InChI is InChI=1S/C11H12BrN3S/c1-7-3-9(12)4-13-11(7)14-5-10-15-8(2)6-16-10/h3-4,6H,5H2,1-2H3,(H,13,14). The van der Waals surface area contributed by atoms with Crippen molar-refractivity contribution >= 4 is 33.1 Å². The van der Waals surface area contributed by atoms with Crippen LogP contribution in [0.3, 0.4) is 0 Å². The van der Waals surface area contributed by atoms with Crippen molar-refractivity contribution in [2.75, 3.05) is 5.32 Å². The maximum absolute atomic E-state index is 4.39. The van der Waals surface area contributed by atoms with Crippen molar-refractivity contribution in [1.82, 2.24) is 9.97 Å². The number of rotatable bonds is 3. The van der Waals surface area contributed by atoms with E-state index in [1.807, 2.05) is 19.9 Å². The second kappa shape index (κ2) is 4.93. The normalized spacial score (nSPS) is 10.4. The number of nitrogens with zero attached hydrogens (tertiary/aromatic N) is 2. The lowest BCUT2D eigenvalue weighted by molar-refractivity contribution is 1.05. The number of nitrogens with one attached hydrogen (secondary N) is 1. The highest BCUT2D eigenvalue weighted by molar-refractivity contribution is 9.10. The quantitative estimate of drug-likeness (QED) is 0.942. The molecule has 0 spiro atoms. The molecule has 0 saturated heterocycles. The number of thiazole rings is 1. The van der Waals surface area contributed by atoms with Crippen LogP contribution in [0.25, 0.3) is 0 Å². The first-order valence-corrected chi connectivity index (χ1v) is 6.59. The van der Waals surface area contributed by atoms with Crippen LogP contribution in [0.4, 0.5) is 5.82 Å². The Hall–Kier alpha value is -0.940. The van der Waals surface area contributed by atoms with Gasteiger partial charge in [0.1, 0.15) is 10.8 Å². The average Bonchev–Trinajstić information content (AvgIpc) is 2.63. The molecule has 0 aromatic carbocycles. The summed E-state index contributed by atoms with van der Waals surface area (Å²) in [7, 11) is 0. The second-order valence-electron chi connectivity index (χ2n) is 3.56. The lowest BCUT2D eigenvalue weighted by atomic mass is 10.3. The highest BCUT2D eigenvalue weighted by Crippen LogP contribution is 2.18. The summed E-state index contributed by atoms with van der Waals surface area (Å²) < 4.78 is 1.00. The number of halogens is 1. The lowest BCUT2D eigenvalue weighted by Gasteiger charge is -2.06. The Morgan fingerprint density at radius 1 is 1.44 bits per heavy atom. The fourth-order valence-corrected chi connectivity index (χ4v) is 2.53. The number of hydrogen-bond acceptors (Lipinski definition) is 4. The minimum Gasteiger partial charge on any atom is -0.363 e. The minimum atomic E-state index is 0.730. The molecule has 0 aliphatic rings. The van der Waals surface area contributed by atoms with E-state index in [1.165, 1.54) is 0 Å². The third-order valence-corrected chi connectivity index (χ3v) is 3.52. The molecule has 2 rings (SSSR count). The van der Waals surface area contributed by atoms with E-state index in [0.29, 0.717) is 0 Å². The lowest BCUT2D eigenvalue weighted by Crippen LogP contribution is -2.02. The summed E-state index contributed by atoms with van der Waals surface area (Å²) in [6, 6.07) is 2.04. The molecule has 0 saturated carbocycles. The van der Waals surface area contributed by atoms with Crippen molar-refractivity contribution in [3.05, 3.63) is 38.4 Å². The van der Waals surface area contributed by atoms with Gasteiger partial charge in [0.2, 0.25) is 0 Å². The highest BCUT2D eigenvalue weighted by atomic mass is 79.9. The third kappa shape index (κ3) is 2.80. The number of aromatic nitrogens is 2. The van der Waals surface area contributed by atoms with Crippen LogP contribution in [-0.2, 0) is 6.54 Å². The first-order chi connectivity index (χ1) is 7.65. The average molecular weight is 298 g/mol. The van der Waals surface area contributed by atoms with E-state index in [9.17, 15) is 0 Å². The molecule has 16 heavy (non-hydrogen) atoms. The Balaban J connectivity index is 2.04. The van der Waals surface area contributed by atoms with Crippen molar-refractivity contribution in [3.63, 3.8) is 0 Å². The van der Waals surface area contributed by atoms with Crippen molar-refractivity contribution in [3.8, 4) is 0 Å². The summed E-state index contributed by atoms with van der Waals surface area (Å²) in [5, 5.41) is 6.43.